The van der Waals surface area contributed by atoms with Gasteiger partial charge < -0.3 is 5.32 Å². The summed E-state index contributed by atoms with van der Waals surface area (Å²) in [6, 6.07) is 14.4. The van der Waals surface area contributed by atoms with Crippen LogP contribution in [0.1, 0.15) is 37.3 Å². The number of hydrogen-bond donors (Lipinski definition) is 2. The third kappa shape index (κ3) is 6.02. The van der Waals surface area contributed by atoms with Crippen LogP contribution in [-0.4, -0.2) is 49.4 Å². The minimum Gasteiger partial charge on any atom is -0.352 e. The molecule has 1 aliphatic heterocycles. The van der Waals surface area contributed by atoms with E-state index in [1.54, 1.807) is 18.2 Å². The zero-order chi connectivity index (χ0) is 24.3. The fraction of sp³-hybridized carbons (Fsp3) is 0.440. The van der Waals surface area contributed by atoms with Gasteiger partial charge in [0.15, 0.2) is 0 Å². The van der Waals surface area contributed by atoms with Gasteiger partial charge in [-0.25, -0.2) is 13.4 Å². The number of sulfonamides is 1. The molecular formula is C25H32N4O3S2. The molecule has 1 saturated heterocycles. The topological polar surface area (TPSA) is 91.4 Å². The van der Waals surface area contributed by atoms with Crippen LogP contribution in [0.3, 0.4) is 0 Å². The zero-order valence-electron chi connectivity index (χ0n) is 19.8. The zero-order valence-corrected chi connectivity index (χ0v) is 21.5. The van der Waals surface area contributed by atoms with Gasteiger partial charge in [0.2, 0.25) is 15.9 Å². The number of nitrogens with zero attached hydrogens (tertiary/aromatic N) is 2. The molecule has 0 saturated carbocycles. The monoisotopic (exact) mass is 500 g/mol. The molecule has 1 atom stereocenters. The maximum atomic E-state index is 13.1. The summed E-state index contributed by atoms with van der Waals surface area (Å²) < 4.78 is 29.7. The molecule has 1 aromatic heterocycles. The molecule has 7 nitrogen and oxygen atoms in total. The van der Waals surface area contributed by atoms with Gasteiger partial charge >= 0.3 is 0 Å². The number of aryl methyl sites for hydroxylation is 1. The lowest BCUT2D eigenvalue weighted by atomic mass is 10.0. The molecule has 34 heavy (non-hydrogen) atoms. The van der Waals surface area contributed by atoms with Gasteiger partial charge in [-0.2, -0.15) is 4.72 Å². The molecule has 2 N–H and O–H groups in total. The Bertz CT molecular complexity index is 1230. The second kappa shape index (κ2) is 10.5. The van der Waals surface area contributed by atoms with E-state index in [9.17, 15) is 13.2 Å². The molecule has 0 bridgehead atoms. The van der Waals surface area contributed by atoms with Crippen LogP contribution in [-0.2, 0) is 21.4 Å². The predicted octanol–water partition coefficient (Wildman–Crippen LogP) is 3.69. The number of benzene rings is 2. The second-order valence-electron chi connectivity index (χ2n) is 9.25. The van der Waals surface area contributed by atoms with Gasteiger partial charge in [-0.15, -0.1) is 11.3 Å². The van der Waals surface area contributed by atoms with Crippen molar-refractivity contribution in [2.75, 3.05) is 13.1 Å². The summed E-state index contributed by atoms with van der Waals surface area (Å²) >= 11 is 1.45. The first-order valence-corrected chi connectivity index (χ1v) is 14.0. The number of carbonyl (C=O) groups is 1. The average molecular weight is 501 g/mol. The molecule has 0 spiro atoms. The van der Waals surface area contributed by atoms with Crippen molar-refractivity contribution >= 4 is 37.5 Å². The van der Waals surface area contributed by atoms with Gasteiger partial charge in [-0.05, 0) is 49.4 Å². The van der Waals surface area contributed by atoms with Crippen LogP contribution >= 0.6 is 11.3 Å². The van der Waals surface area contributed by atoms with E-state index in [1.165, 1.54) is 16.9 Å². The Balaban J connectivity index is 1.36. The fourth-order valence-corrected chi connectivity index (χ4v) is 6.59. The number of rotatable bonds is 8. The van der Waals surface area contributed by atoms with Gasteiger partial charge in [0.25, 0.3) is 0 Å². The van der Waals surface area contributed by atoms with E-state index in [4.69, 9.17) is 0 Å². The van der Waals surface area contributed by atoms with Crippen LogP contribution in [0.4, 0.5) is 0 Å². The van der Waals surface area contributed by atoms with Crippen LogP contribution in [0.15, 0.2) is 53.4 Å². The highest BCUT2D eigenvalue weighted by molar-refractivity contribution is 7.89. The molecule has 3 aromatic rings. The standard InChI is InChI=1S/C25H32N4O3S2/c1-17(2)24(28-34(31,32)21-9-10-22-23(15-21)33-18(3)26-22)25(30)27-20-11-13-29(14-12-20)16-19-7-5-4-6-8-19/h4-10,15,17,20,24,28H,11-14,16H2,1-3H3,(H,27,30). The molecule has 9 heteroatoms. The molecule has 1 amide bonds. The Morgan fingerprint density at radius 1 is 1.15 bits per heavy atom. The molecule has 0 aliphatic carbocycles. The number of amides is 1. The first-order chi connectivity index (χ1) is 16.2. The third-order valence-electron chi connectivity index (χ3n) is 6.19. The molecule has 1 unspecified atom stereocenters. The van der Waals surface area contributed by atoms with E-state index in [2.05, 4.69) is 32.1 Å². The number of aromatic nitrogens is 1. The lowest BCUT2D eigenvalue weighted by molar-refractivity contribution is -0.124. The molecule has 1 aliphatic rings. The van der Waals surface area contributed by atoms with Gasteiger partial charge in [-0.3, -0.25) is 9.69 Å². The van der Waals surface area contributed by atoms with Gasteiger partial charge in [-0.1, -0.05) is 44.2 Å². The Hall–Kier alpha value is -2.33. The Labute approximate surface area is 205 Å². The molecule has 0 radical (unpaired) electrons. The Morgan fingerprint density at radius 3 is 2.53 bits per heavy atom. The van der Waals surface area contributed by atoms with Crippen LogP contribution in [0.25, 0.3) is 10.2 Å². The SMILES string of the molecule is Cc1nc2ccc(S(=O)(=O)NC(C(=O)NC3CCN(Cc4ccccc4)CC3)C(C)C)cc2s1. The van der Waals surface area contributed by atoms with E-state index in [-0.39, 0.29) is 22.8 Å². The maximum Gasteiger partial charge on any atom is 0.241 e. The first-order valence-electron chi connectivity index (χ1n) is 11.7. The molecule has 2 heterocycles. The van der Waals surface area contributed by atoms with Crippen molar-refractivity contribution in [2.45, 2.75) is 57.1 Å². The number of fused-ring (bicyclic) bond motifs is 1. The van der Waals surface area contributed by atoms with Crippen molar-refractivity contribution in [3.63, 3.8) is 0 Å². The van der Waals surface area contributed by atoms with Crippen LogP contribution in [0.5, 0.6) is 0 Å². The Morgan fingerprint density at radius 2 is 1.85 bits per heavy atom. The van der Waals surface area contributed by atoms with Crippen molar-refractivity contribution in [3.8, 4) is 0 Å². The fourth-order valence-electron chi connectivity index (χ4n) is 4.28. The Kier molecular flexibility index (Phi) is 7.67. The molecule has 2 aromatic carbocycles. The highest BCUT2D eigenvalue weighted by Crippen LogP contribution is 2.25. The second-order valence-corrected chi connectivity index (χ2v) is 12.2. The van der Waals surface area contributed by atoms with Crippen LogP contribution in [0.2, 0.25) is 0 Å². The van der Waals surface area contributed by atoms with Crippen molar-refractivity contribution in [1.29, 1.82) is 0 Å². The van der Waals surface area contributed by atoms with Crippen molar-refractivity contribution in [3.05, 3.63) is 59.1 Å². The summed E-state index contributed by atoms with van der Waals surface area (Å²) in [4.78, 5) is 20.0. The number of thiazole rings is 1. The van der Waals surface area contributed by atoms with E-state index in [1.807, 2.05) is 39.0 Å². The predicted molar refractivity (Wildman–Crippen MR) is 136 cm³/mol. The summed E-state index contributed by atoms with van der Waals surface area (Å²) in [5, 5.41) is 3.97. The van der Waals surface area contributed by atoms with Crippen molar-refractivity contribution in [1.82, 2.24) is 19.9 Å². The lowest BCUT2D eigenvalue weighted by Crippen LogP contribution is -2.53. The number of likely N-dealkylation sites (tertiary alicyclic amines) is 1. The number of piperidine rings is 1. The smallest absolute Gasteiger partial charge is 0.241 e. The quantitative estimate of drug-likeness (QED) is 0.492. The molecular weight excluding hydrogens is 468 g/mol. The maximum absolute atomic E-state index is 13.1. The highest BCUT2D eigenvalue weighted by Gasteiger charge is 2.31. The molecule has 182 valence electrons. The summed E-state index contributed by atoms with van der Waals surface area (Å²) in [6.45, 7) is 8.29. The van der Waals surface area contributed by atoms with Gasteiger partial charge in [0.05, 0.1) is 20.1 Å². The summed E-state index contributed by atoms with van der Waals surface area (Å²) in [7, 11) is -3.86. The van der Waals surface area contributed by atoms with E-state index >= 15 is 0 Å². The highest BCUT2D eigenvalue weighted by atomic mass is 32.2. The van der Waals surface area contributed by atoms with Gasteiger partial charge in [0.1, 0.15) is 6.04 Å². The number of hydrogen-bond acceptors (Lipinski definition) is 6. The average Bonchev–Trinajstić information content (AvgIpc) is 3.18. The summed E-state index contributed by atoms with van der Waals surface area (Å²) in [5.74, 6) is -0.461. The summed E-state index contributed by atoms with van der Waals surface area (Å²) in [6.07, 6.45) is 1.69. The minimum absolute atomic E-state index is 0.0433. The minimum atomic E-state index is -3.86. The first kappa shape index (κ1) is 24.8. The summed E-state index contributed by atoms with van der Waals surface area (Å²) in [5.41, 5.74) is 2.06. The van der Waals surface area contributed by atoms with Gasteiger partial charge in [0, 0.05) is 25.7 Å². The van der Waals surface area contributed by atoms with Crippen molar-refractivity contribution in [2.24, 2.45) is 5.92 Å². The number of nitrogens with one attached hydrogen (secondary N) is 2. The molecule has 1 fully saturated rings. The normalized spacial score (nSPS) is 16.7. The number of carbonyl (C=O) groups excluding carboxylic acids is 1. The largest absolute Gasteiger partial charge is 0.352 e. The third-order valence-corrected chi connectivity index (χ3v) is 8.56. The van der Waals surface area contributed by atoms with E-state index in [0.717, 1.165) is 47.7 Å². The lowest BCUT2D eigenvalue weighted by Gasteiger charge is -2.33. The van der Waals surface area contributed by atoms with Crippen LogP contribution < -0.4 is 10.0 Å². The van der Waals surface area contributed by atoms with Crippen LogP contribution in [0, 0.1) is 12.8 Å². The molecule has 4 rings (SSSR count). The van der Waals surface area contributed by atoms with Crippen molar-refractivity contribution < 1.29 is 13.2 Å². The van der Waals surface area contributed by atoms with E-state index < -0.39 is 16.1 Å². The van der Waals surface area contributed by atoms with E-state index in [0.29, 0.717) is 0 Å².